The molecule has 2 nitrogen and oxygen atoms in total. The average Bonchev–Trinajstić information content (AvgIpc) is 1.87. The third-order valence-electron chi connectivity index (χ3n) is 1.73. The van der Waals surface area contributed by atoms with Gasteiger partial charge in [0.1, 0.15) is 0 Å². The highest BCUT2D eigenvalue weighted by Gasteiger charge is 2.14. The van der Waals surface area contributed by atoms with Gasteiger partial charge in [-0.3, -0.25) is 0 Å². The van der Waals surface area contributed by atoms with E-state index in [9.17, 15) is 0 Å². The van der Waals surface area contributed by atoms with Gasteiger partial charge in [0.15, 0.2) is 0 Å². The first kappa shape index (κ1) is 10.9. The number of rotatable bonds is 6. The molecule has 0 aromatic rings. The van der Waals surface area contributed by atoms with Crippen molar-refractivity contribution in [1.29, 1.82) is 0 Å². The van der Waals surface area contributed by atoms with Crippen molar-refractivity contribution >= 4 is 0 Å². The Morgan fingerprint density at radius 2 is 1.91 bits per heavy atom. The van der Waals surface area contributed by atoms with Crippen molar-refractivity contribution in [1.82, 2.24) is 5.32 Å². The third kappa shape index (κ3) is 6.32. The molecule has 0 rings (SSSR count). The highest BCUT2D eigenvalue weighted by atomic mass is 16.5. The molecule has 0 atom stereocenters. The van der Waals surface area contributed by atoms with Crippen LogP contribution >= 0.6 is 0 Å². The van der Waals surface area contributed by atoms with Crippen molar-refractivity contribution in [2.75, 3.05) is 19.8 Å². The van der Waals surface area contributed by atoms with Crippen LogP contribution in [0.2, 0.25) is 0 Å². The van der Waals surface area contributed by atoms with Gasteiger partial charge in [0.25, 0.3) is 0 Å². The molecule has 0 saturated carbocycles. The summed E-state index contributed by atoms with van der Waals surface area (Å²) in [4.78, 5) is 0. The van der Waals surface area contributed by atoms with Gasteiger partial charge < -0.3 is 10.1 Å². The zero-order valence-corrected chi connectivity index (χ0v) is 8.24. The summed E-state index contributed by atoms with van der Waals surface area (Å²) in [5.74, 6) is 0. The molecular formula is C9H21NO. The van der Waals surface area contributed by atoms with Gasteiger partial charge in [0, 0.05) is 18.8 Å². The lowest BCUT2D eigenvalue weighted by molar-refractivity contribution is 0.124. The molecule has 0 aromatic heterocycles. The van der Waals surface area contributed by atoms with Crippen LogP contribution in [0.15, 0.2) is 0 Å². The van der Waals surface area contributed by atoms with E-state index < -0.39 is 0 Å². The maximum atomic E-state index is 5.28. The molecule has 68 valence electrons. The van der Waals surface area contributed by atoms with Crippen molar-refractivity contribution in [3.05, 3.63) is 0 Å². The van der Waals surface area contributed by atoms with E-state index in [1.807, 2.05) is 6.92 Å². The zero-order chi connectivity index (χ0) is 8.74. The molecule has 0 fully saturated rings. The summed E-state index contributed by atoms with van der Waals surface area (Å²) in [6.45, 7) is 11.3. The Morgan fingerprint density at radius 1 is 1.27 bits per heavy atom. The standard InChI is InChI=1S/C9H21NO/c1-5-10-9(3,4)7-8-11-6-2/h10H,5-8H2,1-4H3. The predicted molar refractivity (Wildman–Crippen MR) is 48.9 cm³/mol. The molecular weight excluding hydrogens is 138 g/mol. The molecule has 0 spiro atoms. The van der Waals surface area contributed by atoms with E-state index in [-0.39, 0.29) is 5.54 Å². The monoisotopic (exact) mass is 159 g/mol. The Balaban J connectivity index is 3.38. The molecule has 0 aromatic carbocycles. The van der Waals surface area contributed by atoms with Crippen molar-refractivity contribution in [2.24, 2.45) is 0 Å². The molecule has 0 aliphatic rings. The molecule has 0 saturated heterocycles. The summed E-state index contributed by atoms with van der Waals surface area (Å²) < 4.78 is 5.28. The van der Waals surface area contributed by atoms with Crippen LogP contribution < -0.4 is 5.32 Å². The number of hydrogen-bond donors (Lipinski definition) is 1. The Bertz CT molecular complexity index is 91.6. The van der Waals surface area contributed by atoms with Crippen molar-refractivity contribution in [3.63, 3.8) is 0 Å². The topological polar surface area (TPSA) is 21.3 Å². The Hall–Kier alpha value is -0.0800. The average molecular weight is 159 g/mol. The first-order valence-corrected chi connectivity index (χ1v) is 4.45. The molecule has 2 heteroatoms. The molecule has 0 unspecified atom stereocenters. The smallest absolute Gasteiger partial charge is 0.0483 e. The molecule has 11 heavy (non-hydrogen) atoms. The van der Waals surface area contributed by atoms with Crippen molar-refractivity contribution in [3.8, 4) is 0 Å². The quantitative estimate of drug-likeness (QED) is 0.597. The van der Waals surface area contributed by atoms with Crippen LogP contribution in [-0.4, -0.2) is 25.3 Å². The van der Waals surface area contributed by atoms with Crippen LogP contribution in [0.1, 0.15) is 34.1 Å². The fraction of sp³-hybridized carbons (Fsp3) is 1.00. The van der Waals surface area contributed by atoms with Crippen LogP contribution in [0.25, 0.3) is 0 Å². The number of hydrogen-bond acceptors (Lipinski definition) is 2. The van der Waals surface area contributed by atoms with E-state index in [0.717, 1.165) is 26.2 Å². The molecule has 0 radical (unpaired) electrons. The lowest BCUT2D eigenvalue weighted by Crippen LogP contribution is -2.39. The second-order valence-electron chi connectivity index (χ2n) is 3.36. The van der Waals surface area contributed by atoms with Crippen LogP contribution in [0.3, 0.4) is 0 Å². The van der Waals surface area contributed by atoms with Gasteiger partial charge in [0.05, 0.1) is 0 Å². The summed E-state index contributed by atoms with van der Waals surface area (Å²) in [6, 6.07) is 0. The minimum Gasteiger partial charge on any atom is -0.382 e. The van der Waals surface area contributed by atoms with Crippen molar-refractivity contribution < 1.29 is 4.74 Å². The lowest BCUT2D eigenvalue weighted by atomic mass is 10.0. The van der Waals surface area contributed by atoms with Gasteiger partial charge in [0.2, 0.25) is 0 Å². The third-order valence-corrected chi connectivity index (χ3v) is 1.73. The fourth-order valence-electron chi connectivity index (χ4n) is 1.04. The molecule has 0 aliphatic carbocycles. The summed E-state index contributed by atoms with van der Waals surface area (Å²) in [5, 5.41) is 3.40. The van der Waals surface area contributed by atoms with Crippen LogP contribution in [0, 0.1) is 0 Å². The summed E-state index contributed by atoms with van der Waals surface area (Å²) in [5.41, 5.74) is 0.226. The van der Waals surface area contributed by atoms with Crippen LogP contribution in [0.4, 0.5) is 0 Å². The van der Waals surface area contributed by atoms with E-state index >= 15 is 0 Å². The molecule has 0 heterocycles. The van der Waals surface area contributed by atoms with E-state index in [1.165, 1.54) is 0 Å². The van der Waals surface area contributed by atoms with Crippen molar-refractivity contribution in [2.45, 2.75) is 39.7 Å². The summed E-state index contributed by atoms with van der Waals surface area (Å²) >= 11 is 0. The molecule has 1 N–H and O–H groups in total. The number of nitrogens with one attached hydrogen (secondary N) is 1. The van der Waals surface area contributed by atoms with Crippen LogP contribution in [-0.2, 0) is 4.74 Å². The lowest BCUT2D eigenvalue weighted by Gasteiger charge is -2.25. The summed E-state index contributed by atoms with van der Waals surface area (Å²) in [6.07, 6.45) is 1.08. The minimum atomic E-state index is 0.226. The minimum absolute atomic E-state index is 0.226. The molecule has 0 bridgehead atoms. The van der Waals surface area contributed by atoms with E-state index in [0.29, 0.717) is 0 Å². The van der Waals surface area contributed by atoms with E-state index in [1.54, 1.807) is 0 Å². The van der Waals surface area contributed by atoms with Gasteiger partial charge in [-0.25, -0.2) is 0 Å². The molecule has 0 amide bonds. The Morgan fingerprint density at radius 3 is 2.36 bits per heavy atom. The Kier molecular flexibility index (Phi) is 5.51. The highest BCUT2D eigenvalue weighted by Crippen LogP contribution is 2.07. The maximum absolute atomic E-state index is 5.28. The molecule has 0 aliphatic heterocycles. The van der Waals surface area contributed by atoms with Gasteiger partial charge in [-0.2, -0.15) is 0 Å². The van der Waals surface area contributed by atoms with Crippen LogP contribution in [0.5, 0.6) is 0 Å². The summed E-state index contributed by atoms with van der Waals surface area (Å²) in [7, 11) is 0. The predicted octanol–water partition coefficient (Wildman–Crippen LogP) is 1.80. The van der Waals surface area contributed by atoms with E-state index in [2.05, 4.69) is 26.1 Å². The second-order valence-corrected chi connectivity index (χ2v) is 3.36. The van der Waals surface area contributed by atoms with Gasteiger partial charge in [-0.05, 0) is 33.7 Å². The first-order chi connectivity index (χ1) is 5.12. The van der Waals surface area contributed by atoms with Gasteiger partial charge >= 0.3 is 0 Å². The normalized spacial score (nSPS) is 12.0. The SMILES string of the molecule is CCNC(C)(C)CCOCC. The van der Waals surface area contributed by atoms with E-state index in [4.69, 9.17) is 4.74 Å². The first-order valence-electron chi connectivity index (χ1n) is 4.45. The second kappa shape index (κ2) is 5.56. The largest absolute Gasteiger partial charge is 0.382 e. The highest BCUT2D eigenvalue weighted by molar-refractivity contribution is 4.75. The Labute approximate surface area is 70.3 Å². The fourth-order valence-corrected chi connectivity index (χ4v) is 1.04. The van der Waals surface area contributed by atoms with Gasteiger partial charge in [-0.1, -0.05) is 6.92 Å². The number of ether oxygens (including phenoxy) is 1. The maximum Gasteiger partial charge on any atom is 0.0483 e. The zero-order valence-electron chi connectivity index (χ0n) is 8.24. The van der Waals surface area contributed by atoms with Gasteiger partial charge in [-0.15, -0.1) is 0 Å².